The summed E-state index contributed by atoms with van der Waals surface area (Å²) in [4.78, 5) is 1.58. The van der Waals surface area contributed by atoms with Crippen LogP contribution in [0.3, 0.4) is 0 Å². The molecule has 1 aliphatic rings. The van der Waals surface area contributed by atoms with E-state index in [0.717, 1.165) is 17.4 Å². The summed E-state index contributed by atoms with van der Waals surface area (Å²) in [6.45, 7) is 1.73. The summed E-state index contributed by atoms with van der Waals surface area (Å²) in [5, 5.41) is 21.7. The van der Waals surface area contributed by atoms with E-state index in [1.165, 1.54) is 17.3 Å². The lowest BCUT2D eigenvalue weighted by molar-refractivity contribution is -0.376. The van der Waals surface area contributed by atoms with Gasteiger partial charge >= 0.3 is 12.4 Å². The van der Waals surface area contributed by atoms with Crippen LogP contribution in [0, 0.1) is 0 Å². The zero-order valence-corrected chi connectivity index (χ0v) is 19.4. The number of aliphatic hydroxyl groups excluding tert-OH is 1. The maximum Gasteiger partial charge on any atom is 0.430 e. The predicted molar refractivity (Wildman–Crippen MR) is 113 cm³/mol. The smallest absolute Gasteiger partial charge is 0.388 e. The number of piperazine rings is 1. The van der Waals surface area contributed by atoms with Crippen LogP contribution in [0.1, 0.15) is 30.6 Å². The molecule has 6 nitrogen and oxygen atoms in total. The fourth-order valence-corrected chi connectivity index (χ4v) is 6.32. The second kappa shape index (κ2) is 9.30. The average molecular weight is 533 g/mol. The largest absolute Gasteiger partial charge is 0.430 e. The molecular weight excluding hydrogens is 510 g/mol. The van der Waals surface area contributed by atoms with Crippen LogP contribution in [0.4, 0.5) is 32.0 Å². The van der Waals surface area contributed by atoms with Gasteiger partial charge in [-0.1, -0.05) is 19.1 Å². The molecule has 0 unspecified atom stereocenters. The Morgan fingerprint density at radius 1 is 1.03 bits per heavy atom. The Morgan fingerprint density at radius 2 is 1.62 bits per heavy atom. The number of anilines is 1. The highest BCUT2D eigenvalue weighted by molar-refractivity contribution is 7.91. The molecule has 190 valence electrons. The van der Waals surface area contributed by atoms with Crippen molar-refractivity contribution in [1.82, 2.24) is 4.31 Å². The first-order valence-electron chi connectivity index (χ1n) is 10.1. The highest BCUT2D eigenvalue weighted by Crippen LogP contribution is 2.51. The van der Waals surface area contributed by atoms with E-state index in [0.29, 0.717) is 12.1 Å². The van der Waals surface area contributed by atoms with E-state index < -0.39 is 39.6 Å². The molecule has 1 atom stereocenters. The van der Waals surface area contributed by atoms with E-state index in [1.807, 2.05) is 0 Å². The number of rotatable bonds is 6. The van der Waals surface area contributed by atoms with Crippen molar-refractivity contribution in [2.45, 2.75) is 41.6 Å². The van der Waals surface area contributed by atoms with E-state index >= 15 is 0 Å². The lowest BCUT2D eigenvalue weighted by Gasteiger charge is -2.38. The standard InChI is InChI=1S/C20H22F6N2O4S2/c1-2-16(29)14-12-13(18(30,19(21,22)23)20(24,25)26)5-6-15(14)27-7-9-28(10-8-27)34(31,32)17-4-3-11-33-17/h3-6,11-12,16,29-30H,2,7-10H2,1H3/t16-/m1/s1. The first-order chi connectivity index (χ1) is 15.6. The number of thiophene rings is 1. The van der Waals surface area contributed by atoms with Crippen LogP contribution in [-0.4, -0.2) is 61.5 Å². The molecule has 0 radical (unpaired) electrons. The van der Waals surface area contributed by atoms with Gasteiger partial charge in [0.15, 0.2) is 0 Å². The summed E-state index contributed by atoms with van der Waals surface area (Å²) in [6.07, 6.45) is -13.5. The molecule has 2 N–H and O–H groups in total. The molecule has 2 aromatic rings. The van der Waals surface area contributed by atoms with Crippen molar-refractivity contribution in [3.63, 3.8) is 0 Å². The Labute approximate surface area is 196 Å². The normalized spacial score (nSPS) is 17.7. The van der Waals surface area contributed by atoms with Gasteiger partial charge in [-0.15, -0.1) is 11.3 Å². The fourth-order valence-electron chi connectivity index (χ4n) is 3.75. The van der Waals surface area contributed by atoms with E-state index in [2.05, 4.69) is 0 Å². The van der Waals surface area contributed by atoms with Crippen molar-refractivity contribution in [2.75, 3.05) is 31.1 Å². The summed E-state index contributed by atoms with van der Waals surface area (Å²) >= 11 is 1.05. The minimum Gasteiger partial charge on any atom is -0.388 e. The predicted octanol–water partition coefficient (Wildman–Crippen LogP) is 4.01. The maximum absolute atomic E-state index is 13.3. The number of halogens is 6. The zero-order chi connectivity index (χ0) is 25.5. The SMILES string of the molecule is CC[C@@H](O)c1cc(C(O)(C(F)(F)F)C(F)(F)F)ccc1N1CCN(S(=O)(=O)c2cccs2)CC1. The highest BCUT2D eigenvalue weighted by atomic mass is 32.2. The van der Waals surface area contributed by atoms with E-state index in [4.69, 9.17) is 0 Å². The highest BCUT2D eigenvalue weighted by Gasteiger charge is 2.71. The van der Waals surface area contributed by atoms with E-state index in [9.17, 15) is 45.0 Å². The van der Waals surface area contributed by atoms with Crippen molar-refractivity contribution in [3.05, 3.63) is 46.8 Å². The summed E-state index contributed by atoms with van der Waals surface area (Å²) in [7, 11) is -3.72. The molecule has 0 aliphatic carbocycles. The van der Waals surface area contributed by atoms with Crippen LogP contribution < -0.4 is 4.90 Å². The molecule has 2 heterocycles. The molecule has 34 heavy (non-hydrogen) atoms. The average Bonchev–Trinajstić information content (AvgIpc) is 3.32. The van der Waals surface area contributed by atoms with Gasteiger partial charge in [0, 0.05) is 43.0 Å². The Kier molecular flexibility index (Phi) is 7.31. The summed E-state index contributed by atoms with van der Waals surface area (Å²) in [6, 6.07) is 5.08. The van der Waals surface area contributed by atoms with Crippen LogP contribution >= 0.6 is 11.3 Å². The van der Waals surface area contributed by atoms with Crippen molar-refractivity contribution in [2.24, 2.45) is 0 Å². The number of alkyl halides is 6. The number of benzene rings is 1. The van der Waals surface area contributed by atoms with Gasteiger partial charge in [-0.05, 0) is 30.0 Å². The van der Waals surface area contributed by atoms with Gasteiger partial charge in [0.05, 0.1) is 6.10 Å². The zero-order valence-electron chi connectivity index (χ0n) is 17.8. The lowest BCUT2D eigenvalue weighted by atomic mass is 9.88. The van der Waals surface area contributed by atoms with Gasteiger partial charge in [-0.25, -0.2) is 8.42 Å². The van der Waals surface area contributed by atoms with Gasteiger partial charge in [-0.3, -0.25) is 0 Å². The fraction of sp³-hybridized carbons (Fsp3) is 0.500. The third-order valence-corrected chi connectivity index (χ3v) is 8.95. The van der Waals surface area contributed by atoms with E-state index in [-0.39, 0.29) is 48.1 Å². The summed E-state index contributed by atoms with van der Waals surface area (Å²) in [5.41, 5.74) is -6.63. The molecule has 1 aliphatic heterocycles. The van der Waals surface area contributed by atoms with Gasteiger partial charge in [-0.2, -0.15) is 30.6 Å². The molecular formula is C20H22F6N2O4S2. The molecule has 0 bridgehead atoms. The number of hydrogen-bond acceptors (Lipinski definition) is 6. The van der Waals surface area contributed by atoms with Gasteiger partial charge in [0.2, 0.25) is 0 Å². The maximum atomic E-state index is 13.3. The Bertz CT molecular complexity index is 1080. The van der Waals surface area contributed by atoms with Crippen molar-refractivity contribution in [3.8, 4) is 0 Å². The quantitative estimate of drug-likeness (QED) is 0.550. The molecule has 14 heteroatoms. The number of sulfonamides is 1. The first kappa shape index (κ1) is 26.7. The number of aliphatic hydroxyl groups is 2. The Morgan fingerprint density at radius 3 is 2.09 bits per heavy atom. The molecule has 0 amide bonds. The minimum atomic E-state index is -6.05. The summed E-state index contributed by atoms with van der Waals surface area (Å²) in [5.74, 6) is 0. The number of nitrogens with zero attached hydrogens (tertiary/aromatic N) is 2. The second-order valence-electron chi connectivity index (χ2n) is 7.73. The van der Waals surface area contributed by atoms with Gasteiger partial charge in [0.1, 0.15) is 4.21 Å². The van der Waals surface area contributed by atoms with Gasteiger partial charge < -0.3 is 15.1 Å². The van der Waals surface area contributed by atoms with Crippen LogP contribution in [0.5, 0.6) is 0 Å². The molecule has 1 saturated heterocycles. The molecule has 1 aromatic carbocycles. The Balaban J connectivity index is 1.95. The van der Waals surface area contributed by atoms with Crippen LogP contribution in [0.2, 0.25) is 0 Å². The Hall–Kier alpha value is -1.87. The van der Waals surface area contributed by atoms with Crippen LogP contribution in [-0.2, 0) is 15.6 Å². The summed E-state index contributed by atoms with van der Waals surface area (Å²) < 4.78 is 107. The number of hydrogen-bond donors (Lipinski definition) is 2. The molecule has 1 aromatic heterocycles. The van der Waals surface area contributed by atoms with Gasteiger partial charge in [0.25, 0.3) is 15.6 Å². The van der Waals surface area contributed by atoms with Crippen molar-refractivity contribution < 1.29 is 45.0 Å². The van der Waals surface area contributed by atoms with Crippen molar-refractivity contribution >= 4 is 27.0 Å². The first-order valence-corrected chi connectivity index (χ1v) is 12.4. The second-order valence-corrected chi connectivity index (χ2v) is 10.8. The third kappa shape index (κ3) is 4.65. The molecule has 0 saturated carbocycles. The van der Waals surface area contributed by atoms with E-state index in [1.54, 1.807) is 16.3 Å². The van der Waals surface area contributed by atoms with Crippen molar-refractivity contribution in [1.29, 1.82) is 0 Å². The molecule has 3 rings (SSSR count). The van der Waals surface area contributed by atoms with Crippen LogP contribution in [0.25, 0.3) is 0 Å². The molecule has 0 spiro atoms. The molecule has 1 fully saturated rings. The monoisotopic (exact) mass is 532 g/mol. The third-order valence-electron chi connectivity index (χ3n) is 5.68. The van der Waals surface area contributed by atoms with Crippen LogP contribution in [0.15, 0.2) is 39.9 Å². The topological polar surface area (TPSA) is 81.1 Å². The lowest BCUT2D eigenvalue weighted by Crippen LogP contribution is -2.54. The minimum absolute atomic E-state index is 0.0142.